The molecule has 0 aromatic heterocycles. The van der Waals surface area contributed by atoms with Crippen LogP contribution in [0, 0.1) is 5.82 Å². The summed E-state index contributed by atoms with van der Waals surface area (Å²) in [6.07, 6.45) is 0.215. The van der Waals surface area contributed by atoms with Crippen molar-refractivity contribution < 1.29 is 33.8 Å². The fraction of sp³-hybridized carbons (Fsp3) is 0.438. The molecule has 5 N–H and O–H groups in total. The molecule has 0 heterocycles. The van der Waals surface area contributed by atoms with Crippen LogP contribution in [-0.4, -0.2) is 77.3 Å². The highest BCUT2D eigenvalue weighted by Gasteiger charge is 2.30. The van der Waals surface area contributed by atoms with E-state index < -0.39 is 43.6 Å². The third-order valence-electron chi connectivity index (χ3n) is 4.35. The number of hydrogen-bond donors (Lipinski definition) is 5. The zero-order valence-electron chi connectivity index (χ0n) is 15.9. The van der Waals surface area contributed by atoms with Crippen LogP contribution in [0.15, 0.2) is 18.2 Å². The van der Waals surface area contributed by atoms with Crippen LogP contribution in [0.25, 0.3) is 0 Å². The molecule has 0 radical (unpaired) electrons. The summed E-state index contributed by atoms with van der Waals surface area (Å²) in [4.78, 5) is 35.7. The Balaban J connectivity index is 2.82. The lowest BCUT2D eigenvalue weighted by molar-refractivity contribution is -0.126. The third kappa shape index (κ3) is 6.71. The van der Waals surface area contributed by atoms with Crippen molar-refractivity contribution in [3.63, 3.8) is 0 Å². The first kappa shape index (κ1) is 23.8. The van der Waals surface area contributed by atoms with Crippen LogP contribution < -0.4 is 16.1 Å². The molecule has 0 spiro atoms. The Bertz CT molecular complexity index is 707. The first-order valence-electron chi connectivity index (χ1n) is 8.69. The second-order valence-corrected chi connectivity index (χ2v) is 6.49. The van der Waals surface area contributed by atoms with Gasteiger partial charge in [0.15, 0.2) is 0 Å². The highest BCUT2D eigenvalue weighted by atomic mass is 19.1. The Labute approximate surface area is 163 Å². The van der Waals surface area contributed by atoms with E-state index in [0.29, 0.717) is 5.46 Å². The highest BCUT2D eigenvalue weighted by Crippen LogP contribution is 2.09. The minimum Gasteiger partial charge on any atom is -0.446 e. The minimum absolute atomic E-state index is 0.0259. The lowest BCUT2D eigenvalue weighted by Gasteiger charge is -2.33. The van der Waals surface area contributed by atoms with Gasteiger partial charge in [-0.3, -0.25) is 24.6 Å². The zero-order valence-corrected chi connectivity index (χ0v) is 15.9. The van der Waals surface area contributed by atoms with Gasteiger partial charge in [0.05, 0.1) is 12.1 Å². The number of halogens is 1. The van der Waals surface area contributed by atoms with E-state index in [1.807, 2.05) is 5.32 Å². The number of amides is 3. The van der Waals surface area contributed by atoms with E-state index in [4.69, 9.17) is 0 Å². The predicted octanol–water partition coefficient (Wildman–Crippen LogP) is -2.26. The first-order chi connectivity index (χ1) is 13.1. The maximum absolute atomic E-state index is 14.1. The summed E-state index contributed by atoms with van der Waals surface area (Å²) in [5, 5.41) is 32.7. The number of imide groups is 1. The topological polar surface area (TPSA) is 139 Å². The Hall–Kier alpha value is -2.27. The highest BCUT2D eigenvalue weighted by molar-refractivity contribution is 6.64. The Morgan fingerprint density at radius 3 is 2.43 bits per heavy atom. The molecule has 0 aliphatic carbocycles. The second kappa shape index (κ2) is 10.9. The SMILES string of the molecule is CB(O)c1ccc(C(=O)NCC(C)N(CC(=O)NC=O)C(C)B(O)O)c(F)c1. The van der Waals surface area contributed by atoms with Crippen LogP contribution in [0.4, 0.5) is 4.39 Å². The van der Waals surface area contributed by atoms with E-state index in [1.54, 1.807) is 6.92 Å². The van der Waals surface area contributed by atoms with Gasteiger partial charge in [-0.05, 0) is 24.5 Å². The van der Waals surface area contributed by atoms with Gasteiger partial charge in [0.25, 0.3) is 5.91 Å². The van der Waals surface area contributed by atoms with Crippen molar-refractivity contribution in [3.05, 3.63) is 29.6 Å². The summed E-state index contributed by atoms with van der Waals surface area (Å²) in [5.41, 5.74) is 0.123. The normalized spacial score (nSPS) is 12.9. The molecule has 2 atom stereocenters. The van der Waals surface area contributed by atoms with Crippen LogP contribution in [0.3, 0.4) is 0 Å². The molecule has 9 nitrogen and oxygen atoms in total. The van der Waals surface area contributed by atoms with Crippen molar-refractivity contribution in [1.29, 1.82) is 0 Å². The van der Waals surface area contributed by atoms with Crippen molar-refractivity contribution >= 4 is 37.7 Å². The number of benzene rings is 1. The van der Waals surface area contributed by atoms with Gasteiger partial charge < -0.3 is 20.4 Å². The molecule has 2 unspecified atom stereocenters. The summed E-state index contributed by atoms with van der Waals surface area (Å²) in [5.74, 6) is -3.01. The Morgan fingerprint density at radius 1 is 1.29 bits per heavy atom. The summed E-state index contributed by atoms with van der Waals surface area (Å²) < 4.78 is 14.1. The van der Waals surface area contributed by atoms with E-state index in [2.05, 4.69) is 5.32 Å². The monoisotopic (exact) mass is 395 g/mol. The number of nitrogens with one attached hydrogen (secondary N) is 2. The molecule has 28 heavy (non-hydrogen) atoms. The van der Waals surface area contributed by atoms with E-state index >= 15 is 0 Å². The van der Waals surface area contributed by atoms with Crippen LogP contribution in [0.5, 0.6) is 0 Å². The summed E-state index contributed by atoms with van der Waals surface area (Å²) in [6, 6.07) is 3.22. The second-order valence-electron chi connectivity index (χ2n) is 6.49. The average Bonchev–Trinajstić information content (AvgIpc) is 2.63. The number of hydrogen-bond acceptors (Lipinski definition) is 7. The summed E-state index contributed by atoms with van der Waals surface area (Å²) in [6.45, 7) is 3.35. The van der Waals surface area contributed by atoms with Crippen molar-refractivity contribution in [2.24, 2.45) is 0 Å². The smallest absolute Gasteiger partial charge is 0.446 e. The third-order valence-corrected chi connectivity index (χ3v) is 4.35. The molecule has 152 valence electrons. The van der Waals surface area contributed by atoms with Gasteiger partial charge in [-0.25, -0.2) is 4.39 Å². The van der Waals surface area contributed by atoms with E-state index in [-0.39, 0.29) is 25.1 Å². The molecule has 1 aromatic carbocycles. The summed E-state index contributed by atoms with van der Waals surface area (Å²) >= 11 is 0. The quantitative estimate of drug-likeness (QED) is 0.223. The van der Waals surface area contributed by atoms with Gasteiger partial charge in [0.2, 0.25) is 12.3 Å². The molecular weight excluding hydrogens is 371 g/mol. The van der Waals surface area contributed by atoms with Crippen molar-refractivity contribution in [2.45, 2.75) is 32.7 Å². The molecule has 0 aliphatic rings. The minimum atomic E-state index is -1.76. The van der Waals surface area contributed by atoms with Gasteiger partial charge >= 0.3 is 14.0 Å². The molecule has 0 saturated heterocycles. The molecule has 0 saturated carbocycles. The Morgan fingerprint density at radius 2 is 1.93 bits per heavy atom. The average molecular weight is 395 g/mol. The number of rotatable bonds is 10. The Kier molecular flexibility index (Phi) is 9.26. The van der Waals surface area contributed by atoms with Crippen LogP contribution in [0.2, 0.25) is 6.82 Å². The standard InChI is InChI=1S/C16H24B2FN3O6/c1-10(22(11(2)18(27)28)8-15(24)21-9-23)7-20-16(25)13-5-4-12(17(3)26)6-14(13)19/h4-6,9-11,26-28H,7-8H2,1-3H3,(H,20,25)(H,21,23,24). The van der Waals surface area contributed by atoms with Crippen LogP contribution >= 0.6 is 0 Å². The lowest BCUT2D eigenvalue weighted by Crippen LogP contribution is -2.55. The van der Waals surface area contributed by atoms with Gasteiger partial charge in [0.1, 0.15) is 5.82 Å². The van der Waals surface area contributed by atoms with Gasteiger partial charge in [-0.1, -0.05) is 19.8 Å². The number of carbonyl (C=O) groups excluding carboxylic acids is 3. The van der Waals surface area contributed by atoms with E-state index in [9.17, 15) is 33.8 Å². The molecule has 0 bridgehead atoms. The molecule has 1 aromatic rings. The number of carbonyl (C=O) groups is 3. The first-order valence-corrected chi connectivity index (χ1v) is 8.69. The lowest BCUT2D eigenvalue weighted by atomic mass is 9.64. The van der Waals surface area contributed by atoms with Gasteiger partial charge in [-0.2, -0.15) is 0 Å². The van der Waals surface area contributed by atoms with E-state index in [0.717, 1.165) is 6.07 Å². The maximum Gasteiger partial charge on any atom is 0.469 e. The van der Waals surface area contributed by atoms with Crippen LogP contribution in [-0.2, 0) is 9.59 Å². The summed E-state index contributed by atoms with van der Waals surface area (Å²) in [7, 11) is -1.76. The molecule has 3 amide bonds. The van der Waals surface area contributed by atoms with Crippen molar-refractivity contribution in [2.75, 3.05) is 13.1 Å². The molecule has 1 rings (SSSR count). The van der Waals surface area contributed by atoms with Crippen molar-refractivity contribution in [1.82, 2.24) is 15.5 Å². The zero-order chi connectivity index (χ0) is 21.4. The van der Waals surface area contributed by atoms with Crippen LogP contribution in [0.1, 0.15) is 24.2 Å². The molecular formula is C16H24B2FN3O6. The van der Waals surface area contributed by atoms with Crippen molar-refractivity contribution in [3.8, 4) is 0 Å². The fourth-order valence-corrected chi connectivity index (χ4v) is 2.58. The van der Waals surface area contributed by atoms with Gasteiger partial charge in [0, 0.05) is 18.5 Å². The molecule has 0 aliphatic heterocycles. The fourth-order valence-electron chi connectivity index (χ4n) is 2.58. The number of nitrogens with zero attached hydrogens (tertiary/aromatic N) is 1. The maximum atomic E-state index is 14.1. The van der Waals surface area contributed by atoms with Gasteiger partial charge in [-0.15, -0.1) is 0 Å². The largest absolute Gasteiger partial charge is 0.469 e. The molecule has 12 heteroatoms. The predicted molar refractivity (Wildman–Crippen MR) is 102 cm³/mol. The van der Waals surface area contributed by atoms with E-state index in [1.165, 1.54) is 30.8 Å². The molecule has 0 fully saturated rings.